The van der Waals surface area contributed by atoms with Gasteiger partial charge in [-0.3, -0.25) is 10.1 Å². The molecule has 0 saturated carbocycles. The molecule has 2 rings (SSSR count). The minimum absolute atomic E-state index is 0.122. The monoisotopic (exact) mass is 247 g/mol. The number of aryl methyl sites for hydroxylation is 1. The summed E-state index contributed by atoms with van der Waals surface area (Å²) in [5.74, 6) is 0.515. The van der Waals surface area contributed by atoms with Gasteiger partial charge in [-0.15, -0.1) is 0 Å². The molecule has 6 nitrogen and oxygen atoms in total. The van der Waals surface area contributed by atoms with Gasteiger partial charge in [0.2, 0.25) is 5.88 Å². The zero-order valence-corrected chi connectivity index (χ0v) is 9.84. The van der Waals surface area contributed by atoms with E-state index in [0.29, 0.717) is 23.0 Å². The second-order valence-corrected chi connectivity index (χ2v) is 3.74. The summed E-state index contributed by atoms with van der Waals surface area (Å²) in [6.45, 7) is 1.64. The summed E-state index contributed by atoms with van der Waals surface area (Å²) in [6, 6.07) is 8.49. The van der Waals surface area contributed by atoms with Gasteiger partial charge in [-0.05, 0) is 19.1 Å². The molecule has 1 aromatic heterocycles. The zero-order chi connectivity index (χ0) is 13.0. The maximum Gasteiger partial charge on any atom is 0.264 e. The molecule has 0 spiro atoms. The van der Waals surface area contributed by atoms with Crippen molar-refractivity contribution < 1.29 is 14.1 Å². The maximum absolute atomic E-state index is 11.5. The van der Waals surface area contributed by atoms with Crippen molar-refractivity contribution in [3.63, 3.8) is 0 Å². The number of rotatable bonds is 4. The minimum Gasteiger partial charge on any atom is -0.484 e. The van der Waals surface area contributed by atoms with E-state index in [1.807, 2.05) is 0 Å². The predicted molar refractivity (Wildman–Crippen MR) is 66.2 cm³/mol. The van der Waals surface area contributed by atoms with Crippen LogP contribution in [0.3, 0.4) is 0 Å². The van der Waals surface area contributed by atoms with Gasteiger partial charge in [-0.1, -0.05) is 11.2 Å². The number of aromatic nitrogens is 1. The predicted octanol–water partition coefficient (Wildman–Crippen LogP) is 1.58. The molecule has 0 bridgehead atoms. The van der Waals surface area contributed by atoms with Crippen molar-refractivity contribution in [3.8, 4) is 5.75 Å². The van der Waals surface area contributed by atoms with Crippen molar-refractivity contribution in [1.29, 1.82) is 0 Å². The van der Waals surface area contributed by atoms with Crippen LogP contribution in [-0.4, -0.2) is 17.7 Å². The maximum atomic E-state index is 11.5. The normalized spacial score (nSPS) is 10.1. The number of benzene rings is 1. The number of amides is 1. The van der Waals surface area contributed by atoms with E-state index >= 15 is 0 Å². The van der Waals surface area contributed by atoms with Crippen LogP contribution in [0.4, 0.5) is 11.6 Å². The molecule has 94 valence electrons. The average Bonchev–Trinajstić information content (AvgIpc) is 2.72. The van der Waals surface area contributed by atoms with Crippen molar-refractivity contribution in [1.82, 2.24) is 5.16 Å². The first kappa shape index (κ1) is 12.0. The fourth-order valence-electron chi connectivity index (χ4n) is 1.35. The van der Waals surface area contributed by atoms with Gasteiger partial charge in [0.1, 0.15) is 5.75 Å². The van der Waals surface area contributed by atoms with Crippen LogP contribution in [0.15, 0.2) is 34.9 Å². The highest BCUT2D eigenvalue weighted by molar-refractivity contribution is 5.90. The van der Waals surface area contributed by atoms with Gasteiger partial charge in [0.25, 0.3) is 5.91 Å². The van der Waals surface area contributed by atoms with Crippen molar-refractivity contribution in [2.75, 3.05) is 17.7 Å². The molecule has 1 aromatic carbocycles. The molecule has 0 aliphatic heterocycles. The van der Waals surface area contributed by atoms with Crippen LogP contribution in [0.2, 0.25) is 0 Å². The van der Waals surface area contributed by atoms with Crippen molar-refractivity contribution >= 4 is 17.5 Å². The first-order chi connectivity index (χ1) is 8.63. The van der Waals surface area contributed by atoms with Crippen LogP contribution in [0.5, 0.6) is 5.75 Å². The van der Waals surface area contributed by atoms with Crippen molar-refractivity contribution in [2.45, 2.75) is 6.92 Å². The second-order valence-electron chi connectivity index (χ2n) is 3.74. The third-order valence-corrected chi connectivity index (χ3v) is 2.12. The lowest BCUT2D eigenvalue weighted by molar-refractivity contribution is -0.118. The summed E-state index contributed by atoms with van der Waals surface area (Å²) in [6.07, 6.45) is 0. The van der Waals surface area contributed by atoms with E-state index in [2.05, 4.69) is 10.5 Å². The first-order valence-corrected chi connectivity index (χ1v) is 5.35. The van der Waals surface area contributed by atoms with Crippen LogP contribution in [0.25, 0.3) is 0 Å². The van der Waals surface area contributed by atoms with Crippen LogP contribution in [0, 0.1) is 6.92 Å². The number of ether oxygens (including phenoxy) is 1. The Morgan fingerprint density at radius 3 is 3.00 bits per heavy atom. The fraction of sp³-hybridized carbons (Fsp3) is 0.167. The molecule has 18 heavy (non-hydrogen) atoms. The molecule has 0 radical (unpaired) electrons. The molecule has 1 amide bonds. The van der Waals surface area contributed by atoms with E-state index in [-0.39, 0.29) is 12.5 Å². The first-order valence-electron chi connectivity index (χ1n) is 5.35. The molecule has 1 heterocycles. The largest absolute Gasteiger partial charge is 0.484 e. The van der Waals surface area contributed by atoms with Gasteiger partial charge >= 0.3 is 0 Å². The Hall–Kier alpha value is -2.50. The van der Waals surface area contributed by atoms with Gasteiger partial charge in [0, 0.05) is 17.8 Å². The molecule has 2 aromatic rings. The highest BCUT2D eigenvalue weighted by Gasteiger charge is 2.07. The third-order valence-electron chi connectivity index (χ3n) is 2.12. The average molecular weight is 247 g/mol. The molecule has 6 heteroatoms. The van der Waals surface area contributed by atoms with Crippen LogP contribution >= 0.6 is 0 Å². The van der Waals surface area contributed by atoms with E-state index in [1.54, 1.807) is 37.3 Å². The number of nitrogens with two attached hydrogens (primary N) is 1. The Kier molecular flexibility index (Phi) is 3.47. The SMILES string of the molecule is Cc1cc(NC(=O)COc2cccc(N)c2)on1. The summed E-state index contributed by atoms with van der Waals surface area (Å²) < 4.78 is 10.1. The lowest BCUT2D eigenvalue weighted by atomic mass is 10.3. The third kappa shape index (κ3) is 3.24. The molecule has 0 aliphatic carbocycles. The smallest absolute Gasteiger partial charge is 0.264 e. The van der Waals surface area contributed by atoms with Gasteiger partial charge < -0.3 is 15.0 Å². The van der Waals surface area contributed by atoms with Crippen LogP contribution < -0.4 is 15.8 Å². The summed E-state index contributed by atoms with van der Waals surface area (Å²) in [4.78, 5) is 11.5. The molecule has 0 saturated heterocycles. The number of nitrogens with zero attached hydrogens (tertiary/aromatic N) is 1. The number of hydrogen-bond acceptors (Lipinski definition) is 5. The quantitative estimate of drug-likeness (QED) is 0.800. The molecular formula is C12H13N3O3. The summed E-state index contributed by atoms with van der Waals surface area (Å²) >= 11 is 0. The molecule has 0 unspecified atom stereocenters. The lowest BCUT2D eigenvalue weighted by Gasteiger charge is -2.05. The van der Waals surface area contributed by atoms with Gasteiger partial charge in [-0.25, -0.2) is 0 Å². The number of nitrogens with one attached hydrogen (secondary N) is 1. The van der Waals surface area contributed by atoms with Crippen LogP contribution in [0.1, 0.15) is 5.69 Å². The lowest BCUT2D eigenvalue weighted by Crippen LogP contribution is -2.19. The summed E-state index contributed by atoms with van der Waals surface area (Å²) in [5.41, 5.74) is 6.87. The Labute approximate surface area is 104 Å². The number of nitrogen functional groups attached to an aromatic ring is 1. The van der Waals surface area contributed by atoms with E-state index in [1.165, 1.54) is 0 Å². The highest BCUT2D eigenvalue weighted by atomic mass is 16.5. The van der Waals surface area contributed by atoms with E-state index in [4.69, 9.17) is 15.0 Å². The standard InChI is InChI=1S/C12H13N3O3/c1-8-5-12(18-15-8)14-11(16)7-17-10-4-2-3-9(13)6-10/h2-6H,7,13H2,1H3,(H,14,16). The van der Waals surface area contributed by atoms with Gasteiger partial charge in [0.05, 0.1) is 5.69 Å². The molecule has 3 N–H and O–H groups in total. The van der Waals surface area contributed by atoms with Crippen molar-refractivity contribution in [3.05, 3.63) is 36.0 Å². The Bertz CT molecular complexity index is 551. The molecule has 0 fully saturated rings. The number of carbonyl (C=O) groups is 1. The molecule has 0 atom stereocenters. The second kappa shape index (κ2) is 5.22. The number of anilines is 2. The Morgan fingerprint density at radius 2 is 2.33 bits per heavy atom. The Balaban J connectivity index is 1.85. The number of carbonyl (C=O) groups excluding carboxylic acids is 1. The summed E-state index contributed by atoms with van der Waals surface area (Å²) in [5, 5.41) is 6.18. The van der Waals surface area contributed by atoms with Gasteiger partial charge in [0.15, 0.2) is 6.61 Å². The van der Waals surface area contributed by atoms with E-state index < -0.39 is 0 Å². The van der Waals surface area contributed by atoms with Gasteiger partial charge in [-0.2, -0.15) is 0 Å². The molecular weight excluding hydrogens is 234 g/mol. The zero-order valence-electron chi connectivity index (χ0n) is 9.84. The van der Waals surface area contributed by atoms with Crippen molar-refractivity contribution in [2.24, 2.45) is 0 Å². The van der Waals surface area contributed by atoms with Crippen LogP contribution in [-0.2, 0) is 4.79 Å². The fourth-order valence-corrected chi connectivity index (χ4v) is 1.35. The topological polar surface area (TPSA) is 90.4 Å². The number of hydrogen-bond donors (Lipinski definition) is 2. The van der Waals surface area contributed by atoms with E-state index in [9.17, 15) is 4.79 Å². The Morgan fingerprint density at radius 1 is 1.50 bits per heavy atom. The molecule has 0 aliphatic rings. The summed E-state index contributed by atoms with van der Waals surface area (Å²) in [7, 11) is 0. The van der Waals surface area contributed by atoms with E-state index in [0.717, 1.165) is 0 Å². The minimum atomic E-state index is -0.325. The highest BCUT2D eigenvalue weighted by Crippen LogP contribution is 2.14.